The van der Waals surface area contributed by atoms with Crippen molar-refractivity contribution in [3.05, 3.63) is 28.2 Å². The van der Waals surface area contributed by atoms with E-state index >= 15 is 0 Å². The number of hydrogen-bond donors (Lipinski definition) is 1. The van der Waals surface area contributed by atoms with Crippen molar-refractivity contribution >= 4 is 35.0 Å². The van der Waals surface area contributed by atoms with Gasteiger partial charge in [-0.25, -0.2) is 0 Å². The summed E-state index contributed by atoms with van der Waals surface area (Å²) < 4.78 is 0. The summed E-state index contributed by atoms with van der Waals surface area (Å²) in [5.41, 5.74) is 0. The zero-order chi connectivity index (χ0) is 12.7. The number of halogens is 2. The van der Waals surface area contributed by atoms with Crippen LogP contribution in [0.2, 0.25) is 10.0 Å². The van der Waals surface area contributed by atoms with Gasteiger partial charge >= 0.3 is 0 Å². The molecule has 0 amide bonds. The second-order valence-electron chi connectivity index (χ2n) is 3.45. The van der Waals surface area contributed by atoms with E-state index in [1.165, 1.54) is 0 Å². The molecular formula is C12H14Cl2N2S. The van der Waals surface area contributed by atoms with Crippen molar-refractivity contribution in [3.8, 4) is 6.07 Å². The monoisotopic (exact) mass is 288 g/mol. The Morgan fingerprint density at radius 3 is 2.88 bits per heavy atom. The van der Waals surface area contributed by atoms with Gasteiger partial charge in [-0.1, -0.05) is 30.1 Å². The van der Waals surface area contributed by atoms with Crippen LogP contribution < -0.4 is 5.32 Å². The van der Waals surface area contributed by atoms with Gasteiger partial charge in [0, 0.05) is 15.7 Å². The largest absolute Gasteiger partial charge is 0.302 e. The molecular weight excluding hydrogens is 275 g/mol. The molecule has 2 nitrogen and oxygen atoms in total. The fourth-order valence-corrected chi connectivity index (χ4v) is 2.84. The van der Waals surface area contributed by atoms with E-state index in [1.54, 1.807) is 23.9 Å². The van der Waals surface area contributed by atoms with Crippen LogP contribution in [0, 0.1) is 11.3 Å². The minimum atomic E-state index is -0.0922. The van der Waals surface area contributed by atoms with Crippen LogP contribution in [-0.2, 0) is 0 Å². The van der Waals surface area contributed by atoms with Crippen molar-refractivity contribution in [2.24, 2.45) is 0 Å². The van der Waals surface area contributed by atoms with Crippen LogP contribution >= 0.6 is 35.0 Å². The zero-order valence-corrected chi connectivity index (χ0v) is 11.9. The lowest BCUT2D eigenvalue weighted by atomic mass is 10.2. The van der Waals surface area contributed by atoms with E-state index in [1.807, 2.05) is 13.0 Å². The number of nitrogens with one attached hydrogen (secondary N) is 1. The fraction of sp³-hybridized carbons (Fsp3) is 0.417. The smallest absolute Gasteiger partial charge is 0.0960 e. The zero-order valence-electron chi connectivity index (χ0n) is 9.54. The van der Waals surface area contributed by atoms with E-state index in [0.717, 1.165) is 23.6 Å². The quantitative estimate of drug-likeness (QED) is 0.805. The van der Waals surface area contributed by atoms with Crippen molar-refractivity contribution < 1.29 is 0 Å². The highest BCUT2D eigenvalue weighted by Crippen LogP contribution is 2.30. The number of thioether (sulfide) groups is 1. The Morgan fingerprint density at radius 1 is 1.47 bits per heavy atom. The van der Waals surface area contributed by atoms with E-state index in [4.69, 9.17) is 28.5 Å². The molecule has 0 radical (unpaired) electrons. The summed E-state index contributed by atoms with van der Waals surface area (Å²) in [6, 6.07) is 7.55. The molecule has 1 atom stereocenters. The maximum absolute atomic E-state index is 8.88. The SMILES string of the molecule is CCNC(C#N)CCSc1cc(Cl)ccc1Cl. The number of nitrogens with zero attached hydrogens (tertiary/aromatic N) is 1. The van der Waals surface area contributed by atoms with Crippen molar-refractivity contribution in [3.63, 3.8) is 0 Å². The molecule has 17 heavy (non-hydrogen) atoms. The normalized spacial score (nSPS) is 12.1. The first-order valence-corrected chi connectivity index (χ1v) is 7.12. The molecule has 0 aliphatic rings. The minimum absolute atomic E-state index is 0.0922. The Kier molecular flexibility index (Phi) is 6.76. The van der Waals surface area contributed by atoms with Crippen molar-refractivity contribution in [1.82, 2.24) is 5.32 Å². The standard InChI is InChI=1S/C12H14Cl2N2S/c1-2-16-10(8-15)5-6-17-12-7-9(13)3-4-11(12)14/h3-4,7,10,16H,2,5-6H2,1H3. The van der Waals surface area contributed by atoms with E-state index in [2.05, 4.69) is 11.4 Å². The molecule has 0 heterocycles. The first-order valence-electron chi connectivity index (χ1n) is 5.38. The Balaban J connectivity index is 2.45. The Labute approximate surface area is 116 Å². The lowest BCUT2D eigenvalue weighted by Crippen LogP contribution is -2.27. The van der Waals surface area contributed by atoms with Crippen LogP contribution in [0.25, 0.3) is 0 Å². The summed E-state index contributed by atoms with van der Waals surface area (Å²) in [4.78, 5) is 0.965. The summed E-state index contributed by atoms with van der Waals surface area (Å²) >= 11 is 13.6. The summed E-state index contributed by atoms with van der Waals surface area (Å²) in [7, 11) is 0. The number of nitriles is 1. The van der Waals surface area contributed by atoms with Gasteiger partial charge in [-0.2, -0.15) is 5.26 Å². The van der Waals surface area contributed by atoms with Gasteiger partial charge < -0.3 is 5.32 Å². The molecule has 0 aliphatic heterocycles. The molecule has 0 saturated carbocycles. The van der Waals surface area contributed by atoms with Crippen molar-refractivity contribution in [2.75, 3.05) is 12.3 Å². The van der Waals surface area contributed by atoms with Crippen molar-refractivity contribution in [2.45, 2.75) is 24.3 Å². The van der Waals surface area contributed by atoms with E-state index in [-0.39, 0.29) is 6.04 Å². The number of hydrogen-bond acceptors (Lipinski definition) is 3. The Hall–Kier alpha value is -0.400. The highest BCUT2D eigenvalue weighted by Gasteiger charge is 2.07. The molecule has 1 rings (SSSR count). The molecule has 0 saturated heterocycles. The molecule has 92 valence electrons. The summed E-state index contributed by atoms with van der Waals surface area (Å²) in [6.45, 7) is 2.80. The predicted molar refractivity (Wildman–Crippen MR) is 74.9 cm³/mol. The molecule has 0 aliphatic carbocycles. The lowest BCUT2D eigenvalue weighted by Gasteiger charge is -2.09. The van der Waals surface area contributed by atoms with Gasteiger partial charge in [0.2, 0.25) is 0 Å². The first-order chi connectivity index (χ1) is 8.17. The van der Waals surface area contributed by atoms with Crippen LogP contribution in [0.3, 0.4) is 0 Å². The molecule has 0 bridgehead atoms. The van der Waals surface area contributed by atoms with Crippen LogP contribution in [0.15, 0.2) is 23.1 Å². The van der Waals surface area contributed by atoms with Gasteiger partial charge in [0.15, 0.2) is 0 Å². The summed E-state index contributed by atoms with van der Waals surface area (Å²) in [5.74, 6) is 0.839. The van der Waals surface area contributed by atoms with Gasteiger partial charge in [-0.15, -0.1) is 11.8 Å². The van der Waals surface area contributed by atoms with Crippen LogP contribution in [0.1, 0.15) is 13.3 Å². The van der Waals surface area contributed by atoms with Crippen LogP contribution in [0.4, 0.5) is 0 Å². The molecule has 1 unspecified atom stereocenters. The predicted octanol–water partition coefficient (Wildman–Crippen LogP) is 3.98. The third kappa shape index (κ3) is 5.18. The Bertz CT molecular complexity index is 404. The van der Waals surface area contributed by atoms with Crippen LogP contribution in [0.5, 0.6) is 0 Å². The van der Waals surface area contributed by atoms with Gasteiger partial charge in [-0.05, 0) is 31.2 Å². The van der Waals surface area contributed by atoms with Gasteiger partial charge in [0.1, 0.15) is 0 Å². The highest BCUT2D eigenvalue weighted by atomic mass is 35.5. The van der Waals surface area contributed by atoms with Crippen molar-refractivity contribution in [1.29, 1.82) is 5.26 Å². The average Bonchev–Trinajstić information content (AvgIpc) is 2.32. The minimum Gasteiger partial charge on any atom is -0.302 e. The molecule has 0 fully saturated rings. The number of rotatable bonds is 6. The van der Waals surface area contributed by atoms with E-state index < -0.39 is 0 Å². The van der Waals surface area contributed by atoms with Crippen LogP contribution in [-0.4, -0.2) is 18.3 Å². The molecule has 0 spiro atoms. The second-order valence-corrected chi connectivity index (χ2v) is 5.43. The molecule has 5 heteroatoms. The highest BCUT2D eigenvalue weighted by molar-refractivity contribution is 7.99. The second kappa shape index (κ2) is 7.84. The average molecular weight is 289 g/mol. The lowest BCUT2D eigenvalue weighted by molar-refractivity contribution is 0.613. The summed E-state index contributed by atoms with van der Waals surface area (Å²) in [6.07, 6.45) is 0.790. The molecule has 1 N–H and O–H groups in total. The fourth-order valence-electron chi connectivity index (χ4n) is 1.33. The number of benzene rings is 1. The third-order valence-corrected chi connectivity index (χ3v) is 3.93. The van der Waals surface area contributed by atoms with E-state index in [9.17, 15) is 0 Å². The Morgan fingerprint density at radius 2 is 2.24 bits per heavy atom. The summed E-state index contributed by atoms with van der Waals surface area (Å²) in [5, 5.41) is 13.4. The molecule has 1 aromatic rings. The topological polar surface area (TPSA) is 35.8 Å². The molecule has 1 aromatic carbocycles. The van der Waals surface area contributed by atoms with Gasteiger partial charge in [-0.3, -0.25) is 0 Å². The maximum atomic E-state index is 8.88. The third-order valence-electron chi connectivity index (χ3n) is 2.16. The van der Waals surface area contributed by atoms with Gasteiger partial charge in [0.05, 0.1) is 17.1 Å². The van der Waals surface area contributed by atoms with E-state index in [0.29, 0.717) is 10.0 Å². The first kappa shape index (κ1) is 14.7. The molecule has 0 aromatic heterocycles. The van der Waals surface area contributed by atoms with Gasteiger partial charge in [0.25, 0.3) is 0 Å². The maximum Gasteiger partial charge on any atom is 0.0960 e.